The lowest BCUT2D eigenvalue weighted by Gasteiger charge is -2.13. The topological polar surface area (TPSA) is 38.3 Å². The molecule has 0 saturated carbocycles. The molecule has 0 bridgehead atoms. The molecule has 0 saturated heterocycles. The van der Waals surface area contributed by atoms with Crippen LogP contribution in [0.5, 0.6) is 0 Å². The van der Waals surface area contributed by atoms with Gasteiger partial charge in [-0.05, 0) is 30.7 Å². The van der Waals surface area contributed by atoms with Gasteiger partial charge in [0.25, 0.3) is 0 Å². The summed E-state index contributed by atoms with van der Waals surface area (Å²) in [4.78, 5) is 11.1. The SMILES string of the molecule is COC(=O)C(C)NCc1cc(F)cc(C(F)(F)F)c1. The molecule has 0 aliphatic carbocycles. The lowest BCUT2D eigenvalue weighted by Crippen LogP contribution is -2.34. The van der Waals surface area contributed by atoms with Crippen molar-refractivity contribution in [3.63, 3.8) is 0 Å². The molecule has 0 aromatic heterocycles. The van der Waals surface area contributed by atoms with Gasteiger partial charge >= 0.3 is 12.1 Å². The van der Waals surface area contributed by atoms with Crippen LogP contribution < -0.4 is 5.32 Å². The summed E-state index contributed by atoms with van der Waals surface area (Å²) in [5.74, 6) is -1.52. The number of hydrogen-bond acceptors (Lipinski definition) is 3. The van der Waals surface area contributed by atoms with Gasteiger partial charge in [0.05, 0.1) is 12.7 Å². The third-order valence-corrected chi connectivity index (χ3v) is 2.45. The molecule has 7 heteroatoms. The van der Waals surface area contributed by atoms with Gasteiger partial charge in [-0.3, -0.25) is 4.79 Å². The Labute approximate surface area is 107 Å². The van der Waals surface area contributed by atoms with Gasteiger partial charge in [0.15, 0.2) is 0 Å². The number of carbonyl (C=O) groups is 1. The summed E-state index contributed by atoms with van der Waals surface area (Å²) >= 11 is 0. The van der Waals surface area contributed by atoms with E-state index in [1.807, 2.05) is 0 Å². The van der Waals surface area contributed by atoms with Crippen molar-refractivity contribution >= 4 is 5.97 Å². The number of benzene rings is 1. The van der Waals surface area contributed by atoms with Crippen LogP contribution in [0, 0.1) is 5.82 Å². The number of hydrogen-bond donors (Lipinski definition) is 1. The highest BCUT2D eigenvalue weighted by molar-refractivity contribution is 5.75. The number of esters is 1. The van der Waals surface area contributed by atoms with Gasteiger partial charge in [-0.15, -0.1) is 0 Å². The summed E-state index contributed by atoms with van der Waals surface area (Å²) in [6.07, 6.45) is -4.61. The first-order valence-corrected chi connectivity index (χ1v) is 5.42. The molecule has 0 radical (unpaired) electrons. The van der Waals surface area contributed by atoms with E-state index in [1.165, 1.54) is 14.0 Å². The first-order chi connectivity index (χ1) is 8.74. The van der Waals surface area contributed by atoms with E-state index in [-0.39, 0.29) is 12.1 Å². The average Bonchev–Trinajstić information content (AvgIpc) is 2.33. The molecule has 19 heavy (non-hydrogen) atoms. The number of carbonyl (C=O) groups excluding carboxylic acids is 1. The van der Waals surface area contributed by atoms with Crippen LogP contribution in [0.1, 0.15) is 18.1 Å². The number of nitrogens with one attached hydrogen (secondary N) is 1. The standard InChI is InChI=1S/C12H13F4NO2/c1-7(11(18)19-2)17-6-8-3-9(12(14,15)16)5-10(13)4-8/h3-5,7,17H,6H2,1-2H3. The van der Waals surface area contributed by atoms with Crippen LogP contribution >= 0.6 is 0 Å². The van der Waals surface area contributed by atoms with Crippen molar-refractivity contribution in [1.82, 2.24) is 5.32 Å². The molecule has 0 fully saturated rings. The molecule has 3 nitrogen and oxygen atoms in total. The van der Waals surface area contributed by atoms with Crippen LogP contribution in [0.4, 0.5) is 17.6 Å². The zero-order valence-corrected chi connectivity index (χ0v) is 10.3. The second-order valence-corrected chi connectivity index (χ2v) is 3.97. The van der Waals surface area contributed by atoms with E-state index in [9.17, 15) is 22.4 Å². The third-order valence-electron chi connectivity index (χ3n) is 2.45. The smallest absolute Gasteiger partial charge is 0.416 e. The molecule has 1 unspecified atom stereocenters. The minimum absolute atomic E-state index is 0.0723. The summed E-state index contributed by atoms with van der Waals surface area (Å²) in [5, 5.41) is 2.65. The predicted molar refractivity (Wildman–Crippen MR) is 59.7 cm³/mol. The number of halogens is 4. The lowest BCUT2D eigenvalue weighted by molar-refractivity contribution is -0.142. The van der Waals surface area contributed by atoms with E-state index in [4.69, 9.17) is 0 Å². The minimum Gasteiger partial charge on any atom is -0.468 e. The Morgan fingerprint density at radius 3 is 2.53 bits per heavy atom. The molecule has 1 aromatic carbocycles. The zero-order chi connectivity index (χ0) is 14.6. The lowest BCUT2D eigenvalue weighted by atomic mass is 10.1. The molecule has 0 aliphatic rings. The fraction of sp³-hybridized carbons (Fsp3) is 0.417. The number of alkyl halides is 3. The van der Waals surface area contributed by atoms with E-state index in [0.29, 0.717) is 6.07 Å². The van der Waals surface area contributed by atoms with E-state index in [0.717, 1.165) is 12.1 Å². The van der Waals surface area contributed by atoms with Gasteiger partial charge < -0.3 is 10.1 Å². The molecular weight excluding hydrogens is 266 g/mol. The van der Waals surface area contributed by atoms with Gasteiger partial charge in [0, 0.05) is 6.54 Å². The molecule has 1 aromatic rings. The van der Waals surface area contributed by atoms with Crippen molar-refractivity contribution in [2.24, 2.45) is 0 Å². The quantitative estimate of drug-likeness (QED) is 0.680. The Morgan fingerprint density at radius 1 is 1.37 bits per heavy atom. The maximum absolute atomic E-state index is 13.1. The molecule has 1 rings (SSSR count). The summed E-state index contributed by atoms with van der Waals surface area (Å²) in [7, 11) is 1.20. The Hall–Kier alpha value is -1.63. The fourth-order valence-corrected chi connectivity index (χ4v) is 1.45. The Morgan fingerprint density at radius 2 is 2.00 bits per heavy atom. The van der Waals surface area contributed by atoms with Gasteiger partial charge in [-0.25, -0.2) is 4.39 Å². The van der Waals surface area contributed by atoms with Crippen molar-refractivity contribution in [1.29, 1.82) is 0 Å². The highest BCUT2D eigenvalue weighted by atomic mass is 19.4. The molecule has 0 heterocycles. The van der Waals surface area contributed by atoms with Gasteiger partial charge in [-0.2, -0.15) is 13.2 Å². The number of methoxy groups -OCH3 is 1. The van der Waals surface area contributed by atoms with Crippen LogP contribution in [-0.2, 0) is 22.3 Å². The predicted octanol–water partition coefficient (Wildman–Crippen LogP) is 2.50. The molecule has 106 valence electrons. The van der Waals surface area contributed by atoms with Crippen molar-refractivity contribution in [3.8, 4) is 0 Å². The Bertz CT molecular complexity index is 460. The first-order valence-electron chi connectivity index (χ1n) is 5.42. The van der Waals surface area contributed by atoms with Crippen molar-refractivity contribution in [2.45, 2.75) is 25.7 Å². The summed E-state index contributed by atoms with van der Waals surface area (Å²) in [6.45, 7) is 1.42. The van der Waals surface area contributed by atoms with E-state index in [2.05, 4.69) is 10.1 Å². The molecule has 0 amide bonds. The van der Waals surface area contributed by atoms with Crippen LogP contribution in [0.15, 0.2) is 18.2 Å². The van der Waals surface area contributed by atoms with Crippen molar-refractivity contribution in [2.75, 3.05) is 7.11 Å². The van der Waals surface area contributed by atoms with Crippen LogP contribution in [0.25, 0.3) is 0 Å². The van der Waals surface area contributed by atoms with E-state index >= 15 is 0 Å². The second kappa shape index (κ2) is 6.01. The largest absolute Gasteiger partial charge is 0.468 e. The van der Waals surface area contributed by atoms with Crippen molar-refractivity contribution in [3.05, 3.63) is 35.1 Å². The molecule has 0 spiro atoms. The van der Waals surface area contributed by atoms with Gasteiger partial charge in [-0.1, -0.05) is 0 Å². The number of ether oxygens (including phenoxy) is 1. The number of rotatable bonds is 4. The molecular formula is C12H13F4NO2. The van der Waals surface area contributed by atoms with E-state index in [1.54, 1.807) is 0 Å². The van der Waals surface area contributed by atoms with Gasteiger partial charge in [0.2, 0.25) is 0 Å². The maximum atomic E-state index is 13.1. The van der Waals surface area contributed by atoms with Gasteiger partial charge in [0.1, 0.15) is 11.9 Å². The normalized spacial score (nSPS) is 13.2. The first kappa shape index (κ1) is 15.4. The highest BCUT2D eigenvalue weighted by Crippen LogP contribution is 2.30. The Kier molecular flexibility index (Phi) is 4.88. The van der Waals surface area contributed by atoms with Crippen molar-refractivity contribution < 1.29 is 27.1 Å². The minimum atomic E-state index is -4.61. The van der Waals surface area contributed by atoms with Crippen LogP contribution in [0.3, 0.4) is 0 Å². The summed E-state index contributed by atoms with van der Waals surface area (Å²) in [5.41, 5.74) is -0.960. The fourth-order valence-electron chi connectivity index (χ4n) is 1.45. The molecule has 0 aliphatic heterocycles. The Balaban J connectivity index is 2.79. The maximum Gasteiger partial charge on any atom is 0.416 e. The summed E-state index contributed by atoms with van der Waals surface area (Å²) < 4.78 is 54.9. The second-order valence-electron chi connectivity index (χ2n) is 3.97. The van der Waals surface area contributed by atoms with E-state index < -0.39 is 29.6 Å². The third kappa shape index (κ3) is 4.51. The molecule has 1 atom stereocenters. The average molecular weight is 279 g/mol. The van der Waals surface area contributed by atoms with Crippen LogP contribution in [0.2, 0.25) is 0 Å². The monoisotopic (exact) mass is 279 g/mol. The zero-order valence-electron chi connectivity index (χ0n) is 10.3. The van der Waals surface area contributed by atoms with Crippen LogP contribution in [-0.4, -0.2) is 19.1 Å². The summed E-state index contributed by atoms with van der Waals surface area (Å²) in [6, 6.07) is 1.54. The molecule has 1 N–H and O–H groups in total. The highest BCUT2D eigenvalue weighted by Gasteiger charge is 2.31.